The van der Waals surface area contributed by atoms with E-state index in [1.165, 1.54) is 38.5 Å². The minimum absolute atomic E-state index is 0.0388. The Hall–Kier alpha value is -4.20. The lowest BCUT2D eigenvalue weighted by Crippen LogP contribution is -2.29. The van der Waals surface area contributed by atoms with Gasteiger partial charge in [-0.25, -0.2) is 9.59 Å². The molecular formula is C25H24F3NO9S. The second-order valence-electron chi connectivity index (χ2n) is 7.85. The number of hydrogen-bond acceptors (Lipinski definition) is 9. The van der Waals surface area contributed by atoms with Crippen LogP contribution in [0.2, 0.25) is 0 Å². The highest BCUT2D eigenvalue weighted by atomic mass is 32.2. The first-order chi connectivity index (χ1) is 18.4. The number of hydrogen-bond donors (Lipinski definition) is 0. The Morgan fingerprint density at radius 1 is 0.795 bits per heavy atom. The molecule has 2 aromatic carbocycles. The number of aromatic nitrogens is 1. The molecule has 0 spiro atoms. The van der Waals surface area contributed by atoms with Crippen molar-refractivity contribution >= 4 is 22.1 Å². The third-order valence-corrected chi connectivity index (χ3v) is 6.57. The molecule has 0 saturated carbocycles. The van der Waals surface area contributed by atoms with Crippen molar-refractivity contribution in [3.05, 3.63) is 65.5 Å². The van der Waals surface area contributed by atoms with Crippen LogP contribution in [0.15, 0.2) is 48.5 Å². The van der Waals surface area contributed by atoms with Crippen molar-refractivity contribution in [1.82, 2.24) is 4.57 Å². The number of ether oxygens (including phenoxy) is 4. The SMILES string of the molecule is COC(=O)c1c(OS(=O)(=O)C(F)(F)F)c(-c2ccc(OC)cc2)c(C(=O)OC)n1CCc1ccc(OC)cc1. The van der Waals surface area contributed by atoms with Crippen molar-refractivity contribution in [1.29, 1.82) is 0 Å². The van der Waals surface area contributed by atoms with Gasteiger partial charge < -0.3 is 27.7 Å². The number of halogens is 3. The van der Waals surface area contributed by atoms with Gasteiger partial charge in [0, 0.05) is 6.54 Å². The highest BCUT2D eigenvalue weighted by molar-refractivity contribution is 7.88. The zero-order valence-corrected chi connectivity index (χ0v) is 22.0. The Bertz CT molecular complexity index is 1450. The Morgan fingerprint density at radius 3 is 1.74 bits per heavy atom. The van der Waals surface area contributed by atoms with E-state index in [1.807, 2.05) is 0 Å². The van der Waals surface area contributed by atoms with Crippen LogP contribution in [0.3, 0.4) is 0 Å². The first-order valence-corrected chi connectivity index (χ1v) is 12.5. The van der Waals surface area contributed by atoms with Crippen LogP contribution in [0.5, 0.6) is 17.2 Å². The van der Waals surface area contributed by atoms with Crippen LogP contribution in [0, 0.1) is 0 Å². The average molecular weight is 572 g/mol. The van der Waals surface area contributed by atoms with Crippen LogP contribution in [0.4, 0.5) is 13.2 Å². The third kappa shape index (κ3) is 6.11. The number of rotatable bonds is 10. The molecule has 14 heteroatoms. The van der Waals surface area contributed by atoms with E-state index in [4.69, 9.17) is 18.9 Å². The van der Waals surface area contributed by atoms with E-state index in [2.05, 4.69) is 4.18 Å². The minimum Gasteiger partial charge on any atom is -0.497 e. The van der Waals surface area contributed by atoms with Crippen molar-refractivity contribution < 1.29 is 54.3 Å². The molecule has 3 rings (SSSR count). The molecule has 0 saturated heterocycles. The second-order valence-corrected chi connectivity index (χ2v) is 9.38. The van der Waals surface area contributed by atoms with Gasteiger partial charge in [0.15, 0.2) is 11.4 Å². The molecule has 1 heterocycles. The Morgan fingerprint density at radius 2 is 1.28 bits per heavy atom. The molecule has 0 fully saturated rings. The molecule has 10 nitrogen and oxygen atoms in total. The van der Waals surface area contributed by atoms with Crippen LogP contribution in [0.1, 0.15) is 26.5 Å². The maximum atomic E-state index is 13.4. The van der Waals surface area contributed by atoms with Crippen LogP contribution >= 0.6 is 0 Å². The maximum Gasteiger partial charge on any atom is 0.534 e. The van der Waals surface area contributed by atoms with Crippen molar-refractivity contribution in [2.24, 2.45) is 0 Å². The molecule has 0 aliphatic rings. The monoisotopic (exact) mass is 571 g/mol. The summed E-state index contributed by atoms with van der Waals surface area (Å²) >= 11 is 0. The first-order valence-electron chi connectivity index (χ1n) is 11.1. The van der Waals surface area contributed by atoms with E-state index in [1.54, 1.807) is 24.3 Å². The van der Waals surface area contributed by atoms with E-state index < -0.39 is 50.3 Å². The lowest BCUT2D eigenvalue weighted by molar-refractivity contribution is -0.0500. The van der Waals surface area contributed by atoms with Gasteiger partial charge in [0.25, 0.3) is 0 Å². The summed E-state index contributed by atoms with van der Waals surface area (Å²) < 4.78 is 89.7. The van der Waals surface area contributed by atoms with Gasteiger partial charge in [-0.1, -0.05) is 24.3 Å². The molecule has 0 aliphatic heterocycles. The number of nitrogens with zero attached hydrogens (tertiary/aromatic N) is 1. The number of benzene rings is 2. The fourth-order valence-electron chi connectivity index (χ4n) is 3.72. The van der Waals surface area contributed by atoms with E-state index in [-0.39, 0.29) is 18.5 Å². The molecule has 1 aromatic heterocycles. The summed E-state index contributed by atoms with van der Waals surface area (Å²) in [7, 11) is -1.46. The van der Waals surface area contributed by atoms with Crippen LogP contribution in [-0.4, -0.2) is 58.9 Å². The van der Waals surface area contributed by atoms with Gasteiger partial charge in [0.2, 0.25) is 0 Å². The Kier molecular flexibility index (Phi) is 8.79. The van der Waals surface area contributed by atoms with E-state index in [0.717, 1.165) is 18.8 Å². The third-order valence-electron chi connectivity index (χ3n) is 5.61. The molecule has 3 aromatic rings. The van der Waals surface area contributed by atoms with Crippen LogP contribution in [-0.2, 0) is 32.6 Å². The van der Waals surface area contributed by atoms with Gasteiger partial charge in [-0.15, -0.1) is 0 Å². The average Bonchev–Trinajstić information content (AvgIpc) is 3.23. The van der Waals surface area contributed by atoms with Crippen molar-refractivity contribution in [2.75, 3.05) is 28.4 Å². The van der Waals surface area contributed by atoms with Crippen molar-refractivity contribution in [3.8, 4) is 28.4 Å². The molecule has 0 radical (unpaired) electrons. The minimum atomic E-state index is -6.28. The molecule has 0 atom stereocenters. The molecule has 0 aliphatic carbocycles. The number of carbonyl (C=O) groups is 2. The molecule has 0 N–H and O–H groups in total. The topological polar surface area (TPSA) is 119 Å². The molecule has 210 valence electrons. The van der Waals surface area contributed by atoms with E-state index >= 15 is 0 Å². The van der Waals surface area contributed by atoms with Gasteiger partial charge in [-0.2, -0.15) is 21.6 Å². The van der Waals surface area contributed by atoms with Crippen molar-refractivity contribution in [3.63, 3.8) is 0 Å². The fraction of sp³-hybridized carbons (Fsp3) is 0.280. The standard InChI is InChI=1S/C25H24F3NO9S/c1-34-17-9-5-15(6-10-17)13-14-29-20(23(30)36-3)19(16-7-11-18(35-2)12-8-16)22(21(29)24(31)37-4)38-39(32,33)25(26,27)28/h5-12H,13-14H2,1-4H3. The lowest BCUT2D eigenvalue weighted by atomic mass is 10.0. The van der Waals surface area contributed by atoms with Crippen LogP contribution < -0.4 is 13.7 Å². The van der Waals surface area contributed by atoms with E-state index in [9.17, 15) is 31.2 Å². The quantitative estimate of drug-likeness (QED) is 0.200. The van der Waals surface area contributed by atoms with Gasteiger partial charge in [-0.05, 0) is 41.8 Å². The predicted molar refractivity (Wildman–Crippen MR) is 131 cm³/mol. The molecule has 0 amide bonds. The maximum absolute atomic E-state index is 13.4. The smallest absolute Gasteiger partial charge is 0.497 e. The van der Waals surface area contributed by atoms with Gasteiger partial charge >= 0.3 is 27.6 Å². The number of carbonyl (C=O) groups excluding carboxylic acids is 2. The fourth-order valence-corrected chi connectivity index (χ4v) is 4.20. The number of esters is 2. The first kappa shape index (κ1) is 29.4. The molecule has 39 heavy (non-hydrogen) atoms. The molecule has 0 bridgehead atoms. The van der Waals surface area contributed by atoms with Crippen LogP contribution in [0.25, 0.3) is 11.1 Å². The normalized spacial score (nSPS) is 11.6. The van der Waals surface area contributed by atoms with Gasteiger partial charge in [-0.3, -0.25) is 0 Å². The number of alkyl halides is 3. The second kappa shape index (κ2) is 11.7. The Labute approximate surface area is 221 Å². The largest absolute Gasteiger partial charge is 0.534 e. The number of aryl methyl sites for hydroxylation is 1. The highest BCUT2D eigenvalue weighted by Crippen LogP contribution is 2.43. The summed E-state index contributed by atoms with van der Waals surface area (Å²) in [6.07, 6.45) is 0.153. The highest BCUT2D eigenvalue weighted by Gasteiger charge is 2.50. The predicted octanol–water partition coefficient (Wildman–Crippen LogP) is 4.22. The Balaban J connectivity index is 2.34. The lowest BCUT2D eigenvalue weighted by Gasteiger charge is -2.13. The summed E-state index contributed by atoms with van der Waals surface area (Å²) in [5, 5.41) is 0. The summed E-state index contributed by atoms with van der Waals surface area (Å²) in [6.45, 7) is -0.181. The zero-order valence-electron chi connectivity index (χ0n) is 21.2. The number of methoxy groups -OCH3 is 4. The van der Waals surface area contributed by atoms with Gasteiger partial charge in [0.05, 0.1) is 34.0 Å². The van der Waals surface area contributed by atoms with E-state index in [0.29, 0.717) is 17.1 Å². The summed E-state index contributed by atoms with van der Waals surface area (Å²) in [5.74, 6) is -2.43. The molecule has 0 unspecified atom stereocenters. The summed E-state index contributed by atoms with van der Waals surface area (Å²) in [5.41, 5.74) is -6.68. The zero-order chi connectivity index (χ0) is 29.0. The van der Waals surface area contributed by atoms with Gasteiger partial charge in [0.1, 0.15) is 17.2 Å². The summed E-state index contributed by atoms with van der Waals surface area (Å²) in [6, 6.07) is 12.3. The summed E-state index contributed by atoms with van der Waals surface area (Å²) in [4.78, 5) is 25.9. The molecular weight excluding hydrogens is 547 g/mol. The van der Waals surface area contributed by atoms with Crippen molar-refractivity contribution in [2.45, 2.75) is 18.5 Å².